The van der Waals surface area contributed by atoms with Crippen LogP contribution in [0.25, 0.3) is 5.95 Å². The van der Waals surface area contributed by atoms with Gasteiger partial charge in [0.25, 0.3) is 5.95 Å². The second kappa shape index (κ2) is 6.04. The first-order chi connectivity index (χ1) is 10.2. The number of nitrogens with zero attached hydrogens (tertiary/aromatic N) is 5. The van der Waals surface area contributed by atoms with Crippen LogP contribution in [0.5, 0.6) is 0 Å². The fourth-order valence-corrected chi connectivity index (χ4v) is 2.12. The van der Waals surface area contributed by atoms with E-state index < -0.39 is 0 Å². The molecule has 3 rings (SSSR count). The summed E-state index contributed by atoms with van der Waals surface area (Å²) in [6, 6.07) is 2.03. The quantitative estimate of drug-likeness (QED) is 0.723. The van der Waals surface area contributed by atoms with Gasteiger partial charge >= 0.3 is 0 Å². The van der Waals surface area contributed by atoms with Crippen molar-refractivity contribution in [1.29, 1.82) is 0 Å². The highest BCUT2D eigenvalue weighted by Gasteiger charge is 2.27. The smallest absolute Gasteiger partial charge is 0.257 e. The van der Waals surface area contributed by atoms with Crippen molar-refractivity contribution in [1.82, 2.24) is 24.7 Å². The summed E-state index contributed by atoms with van der Waals surface area (Å²) < 4.78 is 1.60. The number of nitrogens with one attached hydrogen (secondary N) is 2. The highest BCUT2D eigenvalue weighted by molar-refractivity contribution is 5.38. The molecule has 8 heteroatoms. The predicted molar refractivity (Wildman–Crippen MR) is 78.4 cm³/mol. The van der Waals surface area contributed by atoms with Crippen LogP contribution in [0.3, 0.4) is 0 Å². The Kier molecular flexibility index (Phi) is 3.96. The molecule has 0 radical (unpaired) electrons. The van der Waals surface area contributed by atoms with Crippen molar-refractivity contribution in [3.63, 3.8) is 0 Å². The average molecular weight is 289 g/mol. The van der Waals surface area contributed by atoms with Crippen LogP contribution in [0, 0.1) is 0 Å². The molecule has 8 nitrogen and oxygen atoms in total. The number of aliphatic hydroxyl groups excluding tert-OH is 1. The Bertz CT molecular complexity index is 580. The summed E-state index contributed by atoms with van der Waals surface area (Å²) in [5, 5.41) is 19.9. The number of rotatable bonds is 6. The normalized spacial score (nSPS) is 20.9. The molecule has 0 aliphatic heterocycles. The van der Waals surface area contributed by atoms with Gasteiger partial charge in [-0.05, 0) is 25.3 Å². The predicted octanol–water partition coefficient (Wildman–Crippen LogP) is 0.814. The lowest BCUT2D eigenvalue weighted by Crippen LogP contribution is -2.39. The minimum absolute atomic E-state index is 0.215. The molecule has 1 aliphatic carbocycles. The topological polar surface area (TPSA) is 101 Å². The first-order valence-corrected chi connectivity index (χ1v) is 7.19. The molecule has 0 unspecified atom stereocenters. The third kappa shape index (κ3) is 3.27. The van der Waals surface area contributed by atoms with E-state index >= 15 is 0 Å². The maximum atomic E-state index is 9.35. The molecule has 2 aromatic rings. The van der Waals surface area contributed by atoms with E-state index in [0.717, 1.165) is 25.8 Å². The van der Waals surface area contributed by atoms with Crippen LogP contribution in [-0.4, -0.2) is 48.5 Å². The van der Waals surface area contributed by atoms with E-state index in [-0.39, 0.29) is 12.1 Å². The monoisotopic (exact) mass is 289 g/mol. The zero-order valence-corrected chi connectivity index (χ0v) is 11.9. The van der Waals surface area contributed by atoms with Gasteiger partial charge in [-0.25, -0.2) is 4.68 Å². The zero-order chi connectivity index (χ0) is 14.7. The fourth-order valence-electron chi connectivity index (χ4n) is 2.12. The van der Waals surface area contributed by atoms with Crippen molar-refractivity contribution in [3.05, 3.63) is 18.5 Å². The molecule has 1 fully saturated rings. The largest absolute Gasteiger partial charge is 0.393 e. The van der Waals surface area contributed by atoms with Crippen molar-refractivity contribution >= 4 is 11.9 Å². The molecule has 2 heterocycles. The molecule has 1 aliphatic rings. The Labute approximate surface area is 122 Å². The third-order valence-corrected chi connectivity index (χ3v) is 3.31. The maximum absolute atomic E-state index is 9.35. The second-order valence-corrected chi connectivity index (χ2v) is 5.13. The fraction of sp³-hybridized carbons (Fsp3) is 0.538. The van der Waals surface area contributed by atoms with Crippen molar-refractivity contribution in [2.24, 2.45) is 0 Å². The van der Waals surface area contributed by atoms with Crippen LogP contribution in [0.1, 0.15) is 26.2 Å². The van der Waals surface area contributed by atoms with E-state index in [1.807, 2.05) is 6.07 Å². The van der Waals surface area contributed by atoms with Crippen LogP contribution >= 0.6 is 0 Å². The molecule has 0 bridgehead atoms. The van der Waals surface area contributed by atoms with Gasteiger partial charge in [-0.15, -0.1) is 0 Å². The summed E-state index contributed by atoms with van der Waals surface area (Å²) in [6.45, 7) is 2.88. The first-order valence-electron chi connectivity index (χ1n) is 7.19. The van der Waals surface area contributed by atoms with Gasteiger partial charge in [0, 0.05) is 25.0 Å². The van der Waals surface area contributed by atoms with Gasteiger partial charge in [-0.1, -0.05) is 6.92 Å². The number of hydrogen-bond donors (Lipinski definition) is 3. The van der Waals surface area contributed by atoms with Gasteiger partial charge in [0.05, 0.1) is 6.10 Å². The lowest BCUT2D eigenvalue weighted by atomic mass is 9.90. The Morgan fingerprint density at radius 1 is 1.29 bits per heavy atom. The van der Waals surface area contributed by atoms with Gasteiger partial charge < -0.3 is 15.7 Å². The molecule has 0 spiro atoms. The summed E-state index contributed by atoms with van der Waals surface area (Å²) >= 11 is 0. The first kappa shape index (κ1) is 13.7. The summed E-state index contributed by atoms with van der Waals surface area (Å²) in [4.78, 5) is 13.1. The van der Waals surface area contributed by atoms with Gasteiger partial charge in [0.1, 0.15) is 0 Å². The van der Waals surface area contributed by atoms with Crippen LogP contribution in [0.15, 0.2) is 18.5 Å². The summed E-state index contributed by atoms with van der Waals surface area (Å²) in [5.74, 6) is 1.50. The lowest BCUT2D eigenvalue weighted by molar-refractivity contribution is 0.0834. The van der Waals surface area contributed by atoms with Crippen molar-refractivity contribution in [2.45, 2.75) is 38.3 Å². The van der Waals surface area contributed by atoms with E-state index in [9.17, 15) is 5.11 Å². The minimum atomic E-state index is -0.215. The third-order valence-electron chi connectivity index (χ3n) is 3.31. The van der Waals surface area contributed by atoms with E-state index in [1.54, 1.807) is 17.1 Å². The summed E-state index contributed by atoms with van der Waals surface area (Å²) in [5.41, 5.74) is 0. The van der Waals surface area contributed by atoms with Crippen molar-refractivity contribution in [3.8, 4) is 5.95 Å². The molecule has 21 heavy (non-hydrogen) atoms. The number of aliphatic hydroxyl groups is 1. The average Bonchev–Trinajstić information content (AvgIpc) is 2.97. The molecule has 112 valence electrons. The van der Waals surface area contributed by atoms with E-state index in [0.29, 0.717) is 17.8 Å². The van der Waals surface area contributed by atoms with Gasteiger partial charge in [0.15, 0.2) is 0 Å². The van der Waals surface area contributed by atoms with Gasteiger partial charge in [0.2, 0.25) is 11.9 Å². The van der Waals surface area contributed by atoms with Crippen molar-refractivity contribution < 1.29 is 5.11 Å². The van der Waals surface area contributed by atoms with Gasteiger partial charge in [-0.2, -0.15) is 20.1 Å². The van der Waals surface area contributed by atoms with Gasteiger partial charge in [-0.3, -0.25) is 0 Å². The molecule has 3 N–H and O–H groups in total. The Morgan fingerprint density at radius 2 is 2.10 bits per heavy atom. The molecule has 0 atom stereocenters. The number of aromatic nitrogens is 5. The Morgan fingerprint density at radius 3 is 2.76 bits per heavy atom. The zero-order valence-electron chi connectivity index (χ0n) is 11.9. The molecule has 0 saturated heterocycles. The molecular formula is C13H19N7O. The number of anilines is 2. The maximum Gasteiger partial charge on any atom is 0.257 e. The molecule has 0 aromatic carbocycles. The molecule has 2 aromatic heterocycles. The molecule has 0 amide bonds. The highest BCUT2D eigenvalue weighted by Crippen LogP contribution is 2.23. The standard InChI is InChI=1S/C13H19N7O/c1-2-4-14-11-17-12(16-9-7-10(21)8-9)19-13(18-11)20-6-3-5-15-20/h3,5-6,9-10,21H,2,4,7-8H2,1H3,(H2,14,16,17,18,19). The van der Waals surface area contributed by atoms with Crippen molar-refractivity contribution in [2.75, 3.05) is 17.2 Å². The van der Waals surface area contributed by atoms with E-state index in [1.165, 1.54) is 0 Å². The van der Waals surface area contributed by atoms with Crippen LogP contribution < -0.4 is 10.6 Å². The van der Waals surface area contributed by atoms with E-state index in [4.69, 9.17) is 0 Å². The SMILES string of the molecule is CCCNc1nc(NC2CC(O)C2)nc(-n2cccn2)n1. The molecular weight excluding hydrogens is 270 g/mol. The minimum Gasteiger partial charge on any atom is -0.393 e. The highest BCUT2D eigenvalue weighted by atomic mass is 16.3. The number of hydrogen-bond acceptors (Lipinski definition) is 7. The Balaban J connectivity index is 1.82. The van der Waals surface area contributed by atoms with E-state index in [2.05, 4.69) is 37.6 Å². The lowest BCUT2D eigenvalue weighted by Gasteiger charge is -2.31. The second-order valence-electron chi connectivity index (χ2n) is 5.13. The van der Waals surface area contributed by atoms with Crippen LogP contribution in [0.4, 0.5) is 11.9 Å². The van der Waals surface area contributed by atoms with Crippen LogP contribution in [-0.2, 0) is 0 Å². The summed E-state index contributed by atoms with van der Waals surface area (Å²) in [6.07, 6.45) is 5.68. The summed E-state index contributed by atoms with van der Waals surface area (Å²) in [7, 11) is 0. The van der Waals surface area contributed by atoms with Crippen LogP contribution in [0.2, 0.25) is 0 Å². The molecule has 1 saturated carbocycles. The Hall–Kier alpha value is -2.22.